The average molecular weight is 403 g/mol. The van der Waals surface area contributed by atoms with Crippen molar-refractivity contribution in [1.29, 1.82) is 0 Å². The largest absolute Gasteiger partial charge is 0.366 e. The highest BCUT2D eigenvalue weighted by Crippen LogP contribution is 2.34. The van der Waals surface area contributed by atoms with E-state index in [2.05, 4.69) is 9.71 Å². The van der Waals surface area contributed by atoms with Gasteiger partial charge in [-0.1, -0.05) is 66.7 Å². The van der Waals surface area contributed by atoms with Crippen molar-refractivity contribution in [2.75, 3.05) is 4.72 Å². The molecular weight excluding hydrogens is 386 g/mol. The van der Waals surface area contributed by atoms with Crippen LogP contribution in [0.3, 0.4) is 0 Å². The lowest BCUT2D eigenvalue weighted by molar-refractivity contribution is 0.0999. The minimum absolute atomic E-state index is 0.0853. The van der Waals surface area contributed by atoms with Crippen LogP contribution in [0.4, 0.5) is 5.69 Å². The van der Waals surface area contributed by atoms with Crippen LogP contribution in [0.15, 0.2) is 89.8 Å². The summed E-state index contributed by atoms with van der Waals surface area (Å²) in [5.74, 6) is -0.839. The molecule has 0 saturated carbocycles. The lowest BCUT2D eigenvalue weighted by Crippen LogP contribution is -2.22. The van der Waals surface area contributed by atoms with E-state index in [0.29, 0.717) is 22.2 Å². The lowest BCUT2D eigenvalue weighted by atomic mass is 10.0. The molecule has 6 nitrogen and oxygen atoms in total. The number of carbonyl (C=O) groups is 1. The van der Waals surface area contributed by atoms with Crippen molar-refractivity contribution < 1.29 is 13.2 Å². The van der Waals surface area contributed by atoms with E-state index >= 15 is 0 Å². The maximum atomic E-state index is 13.4. The third-order valence-electron chi connectivity index (χ3n) is 4.44. The van der Waals surface area contributed by atoms with E-state index in [1.165, 1.54) is 0 Å². The topological polar surface area (TPSA) is 102 Å². The molecule has 0 radical (unpaired) electrons. The van der Waals surface area contributed by atoms with Gasteiger partial charge in [0, 0.05) is 16.6 Å². The normalized spacial score (nSPS) is 11.3. The molecule has 29 heavy (non-hydrogen) atoms. The number of anilines is 1. The second-order valence-electron chi connectivity index (χ2n) is 6.38. The molecule has 4 rings (SSSR count). The van der Waals surface area contributed by atoms with Crippen molar-refractivity contribution in [2.24, 2.45) is 5.73 Å². The number of aromatic nitrogens is 1. The third kappa shape index (κ3) is 3.55. The Hall–Kier alpha value is -3.71. The zero-order valence-corrected chi connectivity index (χ0v) is 16.1. The van der Waals surface area contributed by atoms with Crippen molar-refractivity contribution in [3.8, 4) is 11.3 Å². The summed E-state index contributed by atoms with van der Waals surface area (Å²) in [5.41, 5.74) is 7.16. The highest BCUT2D eigenvalue weighted by Gasteiger charge is 2.29. The Morgan fingerprint density at radius 1 is 0.828 bits per heavy atom. The van der Waals surface area contributed by atoms with Crippen molar-refractivity contribution in [3.63, 3.8) is 0 Å². The second-order valence-corrected chi connectivity index (χ2v) is 8.00. The summed E-state index contributed by atoms with van der Waals surface area (Å²) in [6, 6.07) is 24.1. The van der Waals surface area contributed by atoms with Crippen LogP contribution in [0.5, 0.6) is 0 Å². The summed E-state index contributed by atoms with van der Waals surface area (Å²) >= 11 is 0. The van der Waals surface area contributed by atoms with Gasteiger partial charge in [-0.15, -0.1) is 0 Å². The van der Waals surface area contributed by atoms with Gasteiger partial charge in [0.2, 0.25) is 0 Å². The van der Waals surface area contributed by atoms with E-state index in [1.807, 2.05) is 6.07 Å². The minimum Gasteiger partial charge on any atom is -0.366 e. The SMILES string of the molecule is NC(=O)c1c(S(=O)(=O)Nc2ccccc2)c(-c2ccccc2)nc2ccccc12. The van der Waals surface area contributed by atoms with Gasteiger partial charge in [-0.3, -0.25) is 9.52 Å². The van der Waals surface area contributed by atoms with Gasteiger partial charge >= 0.3 is 0 Å². The molecule has 1 heterocycles. The van der Waals surface area contributed by atoms with Gasteiger partial charge in [0.15, 0.2) is 0 Å². The summed E-state index contributed by atoms with van der Waals surface area (Å²) in [6.45, 7) is 0. The molecule has 0 saturated heterocycles. The number of sulfonamides is 1. The Bertz CT molecular complexity index is 1310. The van der Waals surface area contributed by atoms with E-state index in [4.69, 9.17) is 5.73 Å². The number of nitrogens with two attached hydrogens (primary N) is 1. The molecule has 0 fully saturated rings. The van der Waals surface area contributed by atoms with E-state index in [0.717, 1.165) is 0 Å². The van der Waals surface area contributed by atoms with Gasteiger partial charge in [0.05, 0.1) is 16.8 Å². The molecule has 1 aromatic heterocycles. The molecule has 0 atom stereocenters. The number of nitrogens with zero attached hydrogens (tertiary/aromatic N) is 1. The quantitative estimate of drug-likeness (QED) is 0.529. The van der Waals surface area contributed by atoms with Crippen LogP contribution in [0.1, 0.15) is 10.4 Å². The number of amides is 1. The van der Waals surface area contributed by atoms with Crippen LogP contribution in [-0.2, 0) is 10.0 Å². The molecule has 7 heteroatoms. The molecule has 0 bridgehead atoms. The number of nitrogens with one attached hydrogen (secondary N) is 1. The van der Waals surface area contributed by atoms with Crippen LogP contribution in [0.25, 0.3) is 22.2 Å². The van der Waals surface area contributed by atoms with Crippen LogP contribution in [0.2, 0.25) is 0 Å². The fraction of sp³-hybridized carbons (Fsp3) is 0. The molecule has 144 valence electrons. The van der Waals surface area contributed by atoms with Crippen LogP contribution in [-0.4, -0.2) is 19.3 Å². The third-order valence-corrected chi connectivity index (χ3v) is 5.88. The monoisotopic (exact) mass is 403 g/mol. The summed E-state index contributed by atoms with van der Waals surface area (Å²) in [5, 5.41) is 0.383. The summed E-state index contributed by atoms with van der Waals surface area (Å²) in [7, 11) is -4.17. The van der Waals surface area contributed by atoms with Gasteiger partial charge in [-0.05, 0) is 18.2 Å². The van der Waals surface area contributed by atoms with Gasteiger partial charge in [-0.2, -0.15) is 0 Å². The minimum atomic E-state index is -4.17. The van der Waals surface area contributed by atoms with Crippen LogP contribution in [0, 0.1) is 0 Å². The molecule has 4 aromatic rings. The summed E-state index contributed by atoms with van der Waals surface area (Å²) < 4.78 is 29.3. The number of rotatable bonds is 5. The van der Waals surface area contributed by atoms with Crippen molar-refractivity contribution in [2.45, 2.75) is 4.90 Å². The molecule has 3 N–H and O–H groups in total. The highest BCUT2D eigenvalue weighted by molar-refractivity contribution is 7.93. The Labute approximate surface area is 168 Å². The first kappa shape index (κ1) is 18.6. The zero-order chi connectivity index (χ0) is 20.4. The number of hydrogen-bond donors (Lipinski definition) is 2. The van der Waals surface area contributed by atoms with Gasteiger partial charge in [0.1, 0.15) is 4.90 Å². The molecule has 3 aromatic carbocycles. The van der Waals surface area contributed by atoms with Gasteiger partial charge in [0.25, 0.3) is 15.9 Å². The maximum absolute atomic E-state index is 13.4. The fourth-order valence-electron chi connectivity index (χ4n) is 3.20. The lowest BCUT2D eigenvalue weighted by Gasteiger charge is -2.17. The van der Waals surface area contributed by atoms with Gasteiger partial charge < -0.3 is 5.73 Å². The zero-order valence-electron chi connectivity index (χ0n) is 15.2. The molecule has 0 aliphatic carbocycles. The maximum Gasteiger partial charge on any atom is 0.264 e. The van der Waals surface area contributed by atoms with E-state index < -0.39 is 15.9 Å². The molecular formula is C22H17N3O3S. The summed E-state index contributed by atoms with van der Waals surface area (Å²) in [6.07, 6.45) is 0. The molecule has 0 spiro atoms. The second kappa shape index (κ2) is 7.37. The number of hydrogen-bond acceptors (Lipinski definition) is 4. The molecule has 0 aliphatic heterocycles. The Balaban J connectivity index is 2.07. The molecule has 0 aliphatic rings. The standard InChI is InChI=1S/C22H17N3O3S/c23-22(26)19-17-13-7-8-14-18(17)24-20(15-9-3-1-4-10-15)21(19)29(27,28)25-16-11-5-2-6-12-16/h1-14,25H,(H2,23,26). The van der Waals surface area contributed by atoms with Gasteiger partial charge in [-0.25, -0.2) is 13.4 Å². The number of carbonyl (C=O) groups excluding carboxylic acids is 1. The fourth-order valence-corrected chi connectivity index (χ4v) is 4.65. The molecule has 1 amide bonds. The Morgan fingerprint density at radius 2 is 1.41 bits per heavy atom. The predicted molar refractivity (Wildman–Crippen MR) is 113 cm³/mol. The smallest absolute Gasteiger partial charge is 0.264 e. The van der Waals surface area contributed by atoms with Crippen molar-refractivity contribution in [1.82, 2.24) is 4.98 Å². The van der Waals surface area contributed by atoms with Crippen molar-refractivity contribution in [3.05, 3.63) is 90.5 Å². The first-order valence-electron chi connectivity index (χ1n) is 8.83. The summed E-state index contributed by atoms with van der Waals surface area (Å²) in [4.78, 5) is 16.8. The Morgan fingerprint density at radius 3 is 2.07 bits per heavy atom. The van der Waals surface area contributed by atoms with E-state index in [1.54, 1.807) is 78.9 Å². The van der Waals surface area contributed by atoms with E-state index in [9.17, 15) is 13.2 Å². The molecule has 0 unspecified atom stereocenters. The first-order valence-corrected chi connectivity index (χ1v) is 10.3. The average Bonchev–Trinajstić information content (AvgIpc) is 2.73. The predicted octanol–water partition coefficient (Wildman–Crippen LogP) is 3.80. The van der Waals surface area contributed by atoms with Crippen LogP contribution >= 0.6 is 0 Å². The van der Waals surface area contributed by atoms with E-state index in [-0.39, 0.29) is 16.2 Å². The number of benzene rings is 3. The highest BCUT2D eigenvalue weighted by atomic mass is 32.2. The van der Waals surface area contributed by atoms with Crippen molar-refractivity contribution >= 4 is 32.5 Å². The number of para-hydroxylation sites is 2. The number of pyridine rings is 1. The Kier molecular flexibility index (Phi) is 4.74. The number of primary amides is 1. The first-order chi connectivity index (χ1) is 14.0. The number of fused-ring (bicyclic) bond motifs is 1. The van der Waals surface area contributed by atoms with Crippen LogP contribution < -0.4 is 10.5 Å².